The van der Waals surface area contributed by atoms with Gasteiger partial charge < -0.3 is 15.7 Å². The zero-order valence-corrected chi connectivity index (χ0v) is 16.9. The number of anilines is 2. The first kappa shape index (κ1) is 19.7. The third-order valence-electron chi connectivity index (χ3n) is 6.79. The molecule has 2 aliphatic rings. The number of fused-ring (bicyclic) bond motifs is 2. The van der Waals surface area contributed by atoms with E-state index < -0.39 is 5.97 Å². The van der Waals surface area contributed by atoms with E-state index in [1.807, 2.05) is 31.2 Å². The molecule has 3 N–H and O–H groups in total. The number of nitrogen functional groups attached to an aromatic ring is 1. The van der Waals surface area contributed by atoms with Crippen LogP contribution >= 0.6 is 0 Å². The van der Waals surface area contributed by atoms with Crippen molar-refractivity contribution in [3.8, 4) is 0 Å². The van der Waals surface area contributed by atoms with Gasteiger partial charge in [0.05, 0.1) is 17.8 Å². The van der Waals surface area contributed by atoms with Crippen LogP contribution in [-0.2, 0) is 4.79 Å². The smallest absolute Gasteiger partial charge is 0.303 e. The maximum Gasteiger partial charge on any atom is 0.303 e. The summed E-state index contributed by atoms with van der Waals surface area (Å²) in [6.07, 6.45) is 5.32. The minimum atomic E-state index is -0.777. The SMILES string of the molecule is CCC(CC(=O)O)c1ccc(N2C3CCC2CC(c2ccc(F)cc2)C3)c(N)c1. The second kappa shape index (κ2) is 8.05. The number of carboxylic acids is 1. The molecule has 2 aliphatic heterocycles. The average Bonchev–Trinajstić information content (AvgIpc) is 2.95. The first-order valence-electron chi connectivity index (χ1n) is 10.6. The van der Waals surface area contributed by atoms with E-state index in [9.17, 15) is 9.18 Å². The lowest BCUT2D eigenvalue weighted by molar-refractivity contribution is -0.137. The number of hydrogen-bond donors (Lipinski definition) is 2. The number of benzene rings is 2. The Hall–Kier alpha value is -2.56. The van der Waals surface area contributed by atoms with Crippen molar-refractivity contribution in [2.45, 2.75) is 69.4 Å². The van der Waals surface area contributed by atoms with Crippen molar-refractivity contribution in [2.75, 3.05) is 10.6 Å². The van der Waals surface area contributed by atoms with E-state index in [1.54, 1.807) is 12.1 Å². The fraction of sp³-hybridized carbons (Fsp3) is 0.458. The molecule has 5 heteroatoms. The maximum absolute atomic E-state index is 13.3. The first-order valence-corrected chi connectivity index (χ1v) is 10.6. The highest BCUT2D eigenvalue weighted by molar-refractivity contribution is 5.72. The molecular weight excluding hydrogens is 367 g/mol. The minimum Gasteiger partial charge on any atom is -0.481 e. The van der Waals surface area contributed by atoms with Crippen molar-refractivity contribution in [1.29, 1.82) is 0 Å². The van der Waals surface area contributed by atoms with Gasteiger partial charge in [0, 0.05) is 12.1 Å². The predicted octanol–water partition coefficient (Wildman–Crippen LogP) is 5.29. The summed E-state index contributed by atoms with van der Waals surface area (Å²) in [4.78, 5) is 13.6. The van der Waals surface area contributed by atoms with Crippen molar-refractivity contribution in [1.82, 2.24) is 0 Å². The Morgan fingerprint density at radius 1 is 1.17 bits per heavy atom. The van der Waals surface area contributed by atoms with E-state index in [0.29, 0.717) is 18.0 Å². The summed E-state index contributed by atoms with van der Waals surface area (Å²) in [5.41, 5.74) is 10.5. The molecule has 2 aromatic rings. The molecular formula is C24H29FN2O2. The van der Waals surface area contributed by atoms with Crippen LogP contribution in [0.25, 0.3) is 0 Å². The molecule has 0 radical (unpaired) electrons. The fourth-order valence-electron chi connectivity index (χ4n) is 5.35. The van der Waals surface area contributed by atoms with E-state index in [4.69, 9.17) is 10.8 Å². The largest absolute Gasteiger partial charge is 0.481 e. The van der Waals surface area contributed by atoms with E-state index in [-0.39, 0.29) is 18.2 Å². The van der Waals surface area contributed by atoms with Crippen LogP contribution in [0.3, 0.4) is 0 Å². The Kier molecular flexibility index (Phi) is 5.48. The van der Waals surface area contributed by atoms with Gasteiger partial charge >= 0.3 is 5.97 Å². The van der Waals surface area contributed by atoms with Crippen molar-refractivity contribution >= 4 is 17.3 Å². The number of halogens is 1. The topological polar surface area (TPSA) is 66.6 Å². The number of nitrogens with zero attached hydrogens (tertiary/aromatic N) is 1. The van der Waals surface area contributed by atoms with Crippen LogP contribution in [0.15, 0.2) is 42.5 Å². The maximum atomic E-state index is 13.3. The van der Waals surface area contributed by atoms with Crippen LogP contribution in [-0.4, -0.2) is 23.2 Å². The van der Waals surface area contributed by atoms with Crippen LogP contribution in [0.5, 0.6) is 0 Å². The zero-order valence-electron chi connectivity index (χ0n) is 16.9. The normalized spacial score (nSPS) is 24.5. The van der Waals surface area contributed by atoms with Gasteiger partial charge in [-0.1, -0.05) is 25.1 Å². The highest BCUT2D eigenvalue weighted by atomic mass is 19.1. The summed E-state index contributed by atoms with van der Waals surface area (Å²) >= 11 is 0. The minimum absolute atomic E-state index is 0.00946. The average molecular weight is 397 g/mol. The van der Waals surface area contributed by atoms with Gasteiger partial charge in [-0.25, -0.2) is 4.39 Å². The molecule has 4 rings (SSSR count). The van der Waals surface area contributed by atoms with Gasteiger partial charge in [0.1, 0.15) is 5.82 Å². The Bertz CT molecular complexity index is 869. The molecule has 0 spiro atoms. The number of aliphatic carboxylic acids is 1. The molecule has 4 nitrogen and oxygen atoms in total. The summed E-state index contributed by atoms with van der Waals surface area (Å²) in [5, 5.41) is 9.16. The second-order valence-corrected chi connectivity index (χ2v) is 8.53. The predicted molar refractivity (Wildman–Crippen MR) is 114 cm³/mol. The summed E-state index contributed by atoms with van der Waals surface area (Å²) in [6.45, 7) is 2.01. The van der Waals surface area contributed by atoms with Gasteiger partial charge in [-0.15, -0.1) is 0 Å². The molecule has 3 atom stereocenters. The van der Waals surface area contributed by atoms with Gasteiger partial charge in [-0.3, -0.25) is 4.79 Å². The van der Waals surface area contributed by atoms with Gasteiger partial charge in [0.25, 0.3) is 0 Å². The van der Waals surface area contributed by atoms with Crippen LogP contribution < -0.4 is 10.6 Å². The quantitative estimate of drug-likeness (QED) is 0.651. The van der Waals surface area contributed by atoms with Crippen LogP contribution in [0.2, 0.25) is 0 Å². The number of piperidine rings is 1. The number of carbonyl (C=O) groups is 1. The lowest BCUT2D eigenvalue weighted by Crippen LogP contribution is -2.42. The monoisotopic (exact) mass is 396 g/mol. The Morgan fingerprint density at radius 2 is 1.83 bits per heavy atom. The molecule has 3 unspecified atom stereocenters. The van der Waals surface area contributed by atoms with Crippen molar-refractivity contribution in [2.24, 2.45) is 0 Å². The van der Waals surface area contributed by atoms with Crippen LogP contribution in [0.4, 0.5) is 15.8 Å². The molecule has 29 heavy (non-hydrogen) atoms. The molecule has 2 bridgehead atoms. The third-order valence-corrected chi connectivity index (χ3v) is 6.79. The van der Waals surface area contributed by atoms with Crippen LogP contribution in [0.1, 0.15) is 68.4 Å². The van der Waals surface area contributed by atoms with Gasteiger partial charge in [0.2, 0.25) is 0 Å². The van der Waals surface area contributed by atoms with Crippen molar-refractivity contribution in [3.63, 3.8) is 0 Å². The third kappa shape index (κ3) is 3.96. The lowest BCUT2D eigenvalue weighted by Gasteiger charge is -2.41. The summed E-state index contributed by atoms with van der Waals surface area (Å²) in [5.74, 6) is -0.509. The second-order valence-electron chi connectivity index (χ2n) is 8.53. The number of carboxylic acid groups (broad SMARTS) is 1. The standard InChI is InChI=1S/C24H29FN2O2/c1-2-15(14-24(28)29)17-5-10-23(22(26)13-17)27-20-8-9-21(27)12-18(11-20)16-3-6-19(25)7-4-16/h3-7,10,13,15,18,20-21H,2,8-9,11-12,14,26H2,1H3,(H,28,29). The van der Waals surface area contributed by atoms with Crippen molar-refractivity contribution in [3.05, 3.63) is 59.4 Å². The first-order chi connectivity index (χ1) is 14.0. The Balaban J connectivity index is 1.54. The van der Waals surface area contributed by atoms with Gasteiger partial charge in [0.15, 0.2) is 0 Å². The van der Waals surface area contributed by atoms with Crippen LogP contribution in [0, 0.1) is 5.82 Å². The lowest BCUT2D eigenvalue weighted by atomic mass is 9.84. The Morgan fingerprint density at radius 3 is 2.38 bits per heavy atom. The number of rotatable bonds is 6. The highest BCUT2D eigenvalue weighted by Crippen LogP contribution is 2.47. The summed E-state index contributed by atoms with van der Waals surface area (Å²) in [6, 6.07) is 13.9. The molecule has 154 valence electrons. The van der Waals surface area contributed by atoms with Gasteiger partial charge in [-0.2, -0.15) is 0 Å². The summed E-state index contributed by atoms with van der Waals surface area (Å²) < 4.78 is 13.3. The molecule has 0 saturated carbocycles. The van der Waals surface area contributed by atoms with Gasteiger partial charge in [-0.05, 0) is 79.3 Å². The van der Waals surface area contributed by atoms with E-state index >= 15 is 0 Å². The molecule has 0 aromatic heterocycles. The molecule has 2 aromatic carbocycles. The number of hydrogen-bond acceptors (Lipinski definition) is 3. The zero-order chi connectivity index (χ0) is 20.5. The fourth-order valence-corrected chi connectivity index (χ4v) is 5.35. The highest BCUT2D eigenvalue weighted by Gasteiger charge is 2.41. The molecule has 0 aliphatic carbocycles. The van der Waals surface area contributed by atoms with E-state index in [0.717, 1.165) is 49.0 Å². The number of nitrogens with two attached hydrogens (primary N) is 1. The Labute approximate surface area is 171 Å². The molecule has 2 saturated heterocycles. The molecule has 0 amide bonds. The van der Waals surface area contributed by atoms with Crippen molar-refractivity contribution < 1.29 is 14.3 Å². The summed E-state index contributed by atoms with van der Waals surface area (Å²) in [7, 11) is 0. The molecule has 2 heterocycles. The van der Waals surface area contributed by atoms with E-state index in [1.165, 1.54) is 5.56 Å². The molecule has 2 fully saturated rings. The van der Waals surface area contributed by atoms with E-state index in [2.05, 4.69) is 11.0 Å².